The number of benzene rings is 2. The van der Waals surface area contributed by atoms with Crippen LogP contribution in [0.3, 0.4) is 0 Å². The zero-order chi connectivity index (χ0) is 40.8. The predicted octanol–water partition coefficient (Wildman–Crippen LogP) is 2.94. The SMILES string of the molecule is COCO[C@@H]1[C@@H](OCc2ccccc2)[C@H](OCOC)[C@@H](CN=[N+]=[N-])O[C@@H]1CC(=O)NC[C@H]1O[C@H](CC(=O)O)[C@H](OCOC)[C@@H](OCc2ccccc2)[C@@H]1OCOC. The molecule has 0 saturated carbocycles. The highest BCUT2D eigenvalue weighted by Crippen LogP contribution is 2.33. The Bertz CT molecular complexity index is 1490. The molecule has 57 heavy (non-hydrogen) atoms. The normalized spacial score (nSPS) is 27.4. The number of nitrogens with one attached hydrogen (secondary N) is 1. The Morgan fingerprint density at radius 1 is 0.632 bits per heavy atom. The van der Waals surface area contributed by atoms with Crippen molar-refractivity contribution in [2.45, 2.75) is 87.1 Å². The first-order valence-electron chi connectivity index (χ1n) is 18.4. The van der Waals surface area contributed by atoms with Crippen LogP contribution < -0.4 is 5.32 Å². The molecule has 10 atom stereocenters. The van der Waals surface area contributed by atoms with Crippen LogP contribution in [0.5, 0.6) is 0 Å². The molecule has 2 saturated heterocycles. The number of nitrogens with zero attached hydrogens (tertiary/aromatic N) is 3. The van der Waals surface area contributed by atoms with E-state index < -0.39 is 79.3 Å². The number of hydrogen-bond acceptors (Lipinski definition) is 15. The van der Waals surface area contributed by atoms with Gasteiger partial charge in [0.2, 0.25) is 5.91 Å². The molecule has 2 N–H and O–H groups in total. The molecular formula is C38H54N4O15. The lowest BCUT2D eigenvalue weighted by molar-refractivity contribution is -0.282. The van der Waals surface area contributed by atoms with Gasteiger partial charge in [-0.25, -0.2) is 0 Å². The maximum Gasteiger partial charge on any atom is 0.306 e. The van der Waals surface area contributed by atoms with Crippen molar-refractivity contribution in [1.82, 2.24) is 5.32 Å². The molecule has 19 heteroatoms. The van der Waals surface area contributed by atoms with E-state index in [2.05, 4.69) is 15.3 Å². The van der Waals surface area contributed by atoms with Crippen molar-refractivity contribution >= 4 is 11.9 Å². The Morgan fingerprint density at radius 2 is 1.05 bits per heavy atom. The van der Waals surface area contributed by atoms with E-state index in [1.165, 1.54) is 28.4 Å². The zero-order valence-corrected chi connectivity index (χ0v) is 32.6. The average Bonchev–Trinajstić information content (AvgIpc) is 3.22. The van der Waals surface area contributed by atoms with Gasteiger partial charge in [-0.05, 0) is 16.7 Å². The third-order valence-corrected chi connectivity index (χ3v) is 9.13. The lowest BCUT2D eigenvalue weighted by Crippen LogP contribution is -2.63. The molecule has 0 aliphatic carbocycles. The van der Waals surface area contributed by atoms with Crippen molar-refractivity contribution in [2.24, 2.45) is 5.11 Å². The molecule has 2 aliphatic rings. The first-order valence-corrected chi connectivity index (χ1v) is 18.4. The predicted molar refractivity (Wildman–Crippen MR) is 198 cm³/mol. The summed E-state index contributed by atoms with van der Waals surface area (Å²) in [5.74, 6) is -1.61. The van der Waals surface area contributed by atoms with Crippen LogP contribution in [0.2, 0.25) is 0 Å². The number of methoxy groups -OCH3 is 4. The van der Waals surface area contributed by atoms with Crippen LogP contribution in [0.1, 0.15) is 24.0 Å². The summed E-state index contributed by atoms with van der Waals surface area (Å²) in [6, 6.07) is 18.9. The monoisotopic (exact) mass is 806 g/mol. The number of aliphatic carboxylic acids is 1. The smallest absolute Gasteiger partial charge is 0.306 e. The highest BCUT2D eigenvalue weighted by molar-refractivity contribution is 5.76. The number of hydrogen-bond donors (Lipinski definition) is 2. The second-order valence-corrected chi connectivity index (χ2v) is 13.1. The van der Waals surface area contributed by atoms with Crippen molar-refractivity contribution in [2.75, 3.05) is 68.7 Å². The van der Waals surface area contributed by atoms with Gasteiger partial charge in [0.05, 0.1) is 50.9 Å². The van der Waals surface area contributed by atoms with Gasteiger partial charge in [-0.2, -0.15) is 0 Å². The van der Waals surface area contributed by atoms with Crippen LogP contribution >= 0.6 is 0 Å². The molecule has 2 fully saturated rings. The summed E-state index contributed by atoms with van der Waals surface area (Å²) >= 11 is 0. The van der Waals surface area contributed by atoms with Crippen molar-refractivity contribution in [3.05, 3.63) is 82.2 Å². The van der Waals surface area contributed by atoms with Gasteiger partial charge in [-0.15, -0.1) is 0 Å². The molecule has 0 radical (unpaired) electrons. The summed E-state index contributed by atoms with van der Waals surface area (Å²) in [6.45, 7) is -0.578. The van der Waals surface area contributed by atoms with Gasteiger partial charge < -0.3 is 67.3 Å². The minimum atomic E-state index is -1.13. The number of amides is 1. The third-order valence-electron chi connectivity index (χ3n) is 9.13. The van der Waals surface area contributed by atoms with Crippen LogP contribution in [0.25, 0.3) is 10.4 Å². The summed E-state index contributed by atoms with van der Waals surface area (Å²) in [5, 5.41) is 16.5. The summed E-state index contributed by atoms with van der Waals surface area (Å²) in [5.41, 5.74) is 10.9. The van der Waals surface area contributed by atoms with Gasteiger partial charge in [0.25, 0.3) is 0 Å². The summed E-state index contributed by atoms with van der Waals surface area (Å²) in [7, 11) is 5.82. The Balaban J connectivity index is 1.58. The maximum absolute atomic E-state index is 13.9. The molecule has 0 unspecified atom stereocenters. The molecule has 19 nitrogen and oxygen atoms in total. The van der Waals surface area contributed by atoms with Crippen LogP contribution in [-0.2, 0) is 79.6 Å². The van der Waals surface area contributed by atoms with Crippen molar-refractivity contribution < 1.29 is 71.5 Å². The van der Waals surface area contributed by atoms with Gasteiger partial charge >= 0.3 is 5.97 Å². The fourth-order valence-corrected chi connectivity index (χ4v) is 6.68. The molecular weight excluding hydrogens is 752 g/mol. The number of carbonyl (C=O) groups is 2. The quantitative estimate of drug-likeness (QED) is 0.0603. The van der Waals surface area contributed by atoms with E-state index in [1.54, 1.807) is 0 Å². The van der Waals surface area contributed by atoms with E-state index in [9.17, 15) is 20.2 Å². The van der Waals surface area contributed by atoms with Crippen molar-refractivity contribution in [1.29, 1.82) is 0 Å². The van der Waals surface area contributed by atoms with E-state index >= 15 is 0 Å². The molecule has 1 amide bonds. The molecule has 2 aromatic rings. The lowest BCUT2D eigenvalue weighted by atomic mass is 9.91. The van der Waals surface area contributed by atoms with Crippen molar-refractivity contribution in [3.63, 3.8) is 0 Å². The molecule has 2 heterocycles. The van der Waals surface area contributed by atoms with Gasteiger partial charge in [0, 0.05) is 39.9 Å². The highest BCUT2D eigenvalue weighted by atomic mass is 16.7. The second kappa shape index (κ2) is 25.5. The van der Waals surface area contributed by atoms with E-state index in [1.807, 2.05) is 60.7 Å². The first-order chi connectivity index (χ1) is 27.8. The molecule has 316 valence electrons. The van der Waals surface area contributed by atoms with E-state index in [0.717, 1.165) is 11.1 Å². The minimum absolute atomic E-state index is 0.127. The van der Waals surface area contributed by atoms with Gasteiger partial charge in [-0.3, -0.25) is 9.59 Å². The number of carbonyl (C=O) groups excluding carboxylic acids is 1. The third kappa shape index (κ3) is 14.5. The number of carboxylic acid groups (broad SMARTS) is 1. The average molecular weight is 807 g/mol. The molecule has 0 bridgehead atoms. The number of rotatable bonds is 26. The fourth-order valence-electron chi connectivity index (χ4n) is 6.68. The standard InChI is InChI=1S/C38H54N4O15/c1-46-21-52-33-27(56-30(18-41-42-39)36(55-24-49-4)37(33)50-19-25-11-7-5-8-12-25)15-31(43)40-17-29-35(54-23-48-3)38(51-20-26-13-9-6-10-14-26)34(53-22-47-2)28(57-29)16-32(44)45/h5-14,27-30,33-38H,15-24H2,1-4H3,(H,40,43)(H,44,45)/t27-,28-,29-,30-,33+,34+,35-,36-,37-,38-/m1/s1. The lowest BCUT2D eigenvalue weighted by Gasteiger charge is -2.46. The molecule has 0 aromatic heterocycles. The molecule has 4 rings (SSSR count). The van der Waals surface area contributed by atoms with Gasteiger partial charge in [0.15, 0.2) is 0 Å². The second-order valence-electron chi connectivity index (χ2n) is 13.1. The largest absolute Gasteiger partial charge is 0.481 e. The molecule has 2 aliphatic heterocycles. The van der Waals surface area contributed by atoms with E-state index in [0.29, 0.717) is 0 Å². The highest BCUT2D eigenvalue weighted by Gasteiger charge is 2.50. The molecule has 0 spiro atoms. The summed E-state index contributed by atoms with van der Waals surface area (Å²) in [6.07, 6.45) is -9.67. The zero-order valence-electron chi connectivity index (χ0n) is 32.6. The van der Waals surface area contributed by atoms with Crippen LogP contribution in [0.15, 0.2) is 65.8 Å². The Kier molecular flexibility index (Phi) is 20.6. The molecule has 2 aromatic carbocycles. The summed E-state index contributed by atoms with van der Waals surface area (Å²) < 4.78 is 70.5. The van der Waals surface area contributed by atoms with Crippen LogP contribution in [0, 0.1) is 0 Å². The number of carboxylic acids is 1. The van der Waals surface area contributed by atoms with Gasteiger partial charge in [-0.1, -0.05) is 65.8 Å². The first kappa shape index (κ1) is 45.9. The topological polar surface area (TPSA) is 226 Å². The fraction of sp³-hybridized carbons (Fsp3) is 0.632. The minimum Gasteiger partial charge on any atom is -0.481 e. The Morgan fingerprint density at radius 3 is 1.49 bits per heavy atom. The van der Waals surface area contributed by atoms with E-state index in [4.69, 9.17) is 56.8 Å². The van der Waals surface area contributed by atoms with Crippen LogP contribution in [0.4, 0.5) is 0 Å². The number of ether oxygens (including phenoxy) is 12. The maximum atomic E-state index is 13.9. The van der Waals surface area contributed by atoms with Crippen LogP contribution in [-0.4, -0.2) is 147 Å². The Hall–Kier alpha value is -3.79. The van der Waals surface area contributed by atoms with E-state index in [-0.39, 0.29) is 59.9 Å². The Labute approximate surface area is 331 Å². The van der Waals surface area contributed by atoms with Crippen molar-refractivity contribution in [3.8, 4) is 0 Å². The van der Waals surface area contributed by atoms with Gasteiger partial charge in [0.1, 0.15) is 69.9 Å². The number of azide groups is 1. The summed E-state index contributed by atoms with van der Waals surface area (Å²) in [4.78, 5) is 28.8.